The summed E-state index contributed by atoms with van der Waals surface area (Å²) in [6.07, 6.45) is 2.07. The van der Waals surface area contributed by atoms with E-state index < -0.39 is 0 Å². The summed E-state index contributed by atoms with van der Waals surface area (Å²) >= 11 is 0. The molecule has 0 bridgehead atoms. The molecule has 1 aromatic heterocycles. The maximum absolute atomic E-state index is 12.7. The average molecular weight is 386 g/mol. The second-order valence-corrected chi connectivity index (χ2v) is 7.24. The Morgan fingerprint density at radius 2 is 1.86 bits per heavy atom. The van der Waals surface area contributed by atoms with Gasteiger partial charge in [-0.15, -0.1) is 0 Å². The summed E-state index contributed by atoms with van der Waals surface area (Å²) in [5.41, 5.74) is 3.76. The molecule has 0 aliphatic carbocycles. The maximum atomic E-state index is 12.7. The van der Waals surface area contributed by atoms with Crippen molar-refractivity contribution in [1.29, 1.82) is 0 Å². The molecule has 28 heavy (non-hydrogen) atoms. The van der Waals surface area contributed by atoms with Crippen molar-refractivity contribution in [2.75, 3.05) is 46.5 Å². The van der Waals surface area contributed by atoms with E-state index in [2.05, 4.69) is 14.8 Å². The SMILES string of the molecule is COc1ccc(-n2c(C)cc(C(=O)NCCCCN3CCOCC3)c2C)cc1. The van der Waals surface area contributed by atoms with Crippen LogP contribution in [0.3, 0.4) is 0 Å². The third kappa shape index (κ3) is 4.94. The van der Waals surface area contributed by atoms with E-state index in [4.69, 9.17) is 9.47 Å². The Labute approximate surface area is 167 Å². The standard InChI is InChI=1S/C22H31N3O3/c1-17-16-21(18(2)25(17)19-6-8-20(27-3)9-7-19)22(26)23-10-4-5-11-24-12-14-28-15-13-24/h6-9,16H,4-5,10-15H2,1-3H3,(H,23,26). The minimum atomic E-state index is -0.000709. The molecule has 1 N–H and O–H groups in total. The van der Waals surface area contributed by atoms with Gasteiger partial charge in [-0.2, -0.15) is 0 Å². The average Bonchev–Trinajstić information content (AvgIpc) is 3.02. The molecule has 1 amide bonds. The van der Waals surface area contributed by atoms with Gasteiger partial charge in [-0.1, -0.05) is 0 Å². The largest absolute Gasteiger partial charge is 0.497 e. The van der Waals surface area contributed by atoms with Crippen LogP contribution in [0.4, 0.5) is 0 Å². The van der Waals surface area contributed by atoms with Crippen molar-refractivity contribution < 1.29 is 14.3 Å². The van der Waals surface area contributed by atoms with E-state index in [9.17, 15) is 4.79 Å². The first-order valence-corrected chi connectivity index (χ1v) is 10.0. The topological polar surface area (TPSA) is 55.7 Å². The molecule has 0 spiro atoms. The molecule has 6 nitrogen and oxygen atoms in total. The molecule has 6 heteroatoms. The summed E-state index contributed by atoms with van der Waals surface area (Å²) in [5, 5.41) is 3.07. The normalized spacial score (nSPS) is 14.8. The minimum absolute atomic E-state index is 0.000709. The predicted molar refractivity (Wildman–Crippen MR) is 111 cm³/mol. The first-order chi connectivity index (χ1) is 13.6. The number of aromatic nitrogens is 1. The zero-order valence-electron chi connectivity index (χ0n) is 17.2. The van der Waals surface area contributed by atoms with Gasteiger partial charge in [0.05, 0.1) is 25.9 Å². The van der Waals surface area contributed by atoms with Crippen molar-refractivity contribution in [3.05, 3.63) is 47.3 Å². The van der Waals surface area contributed by atoms with Gasteiger partial charge in [0.2, 0.25) is 0 Å². The summed E-state index contributed by atoms with van der Waals surface area (Å²) in [6.45, 7) is 9.50. The van der Waals surface area contributed by atoms with Gasteiger partial charge in [-0.3, -0.25) is 9.69 Å². The Morgan fingerprint density at radius 3 is 2.54 bits per heavy atom. The van der Waals surface area contributed by atoms with E-state index in [-0.39, 0.29) is 5.91 Å². The van der Waals surface area contributed by atoms with Crippen LogP contribution in [-0.4, -0.2) is 61.9 Å². The molecule has 2 aromatic rings. The van der Waals surface area contributed by atoms with Crippen LogP contribution < -0.4 is 10.1 Å². The Kier molecular flexibility index (Phi) is 7.12. The molecule has 1 aliphatic rings. The fourth-order valence-corrected chi connectivity index (χ4v) is 3.70. The Bertz CT molecular complexity index is 777. The van der Waals surface area contributed by atoms with E-state index in [0.29, 0.717) is 6.54 Å². The third-order valence-corrected chi connectivity index (χ3v) is 5.30. The second-order valence-electron chi connectivity index (χ2n) is 7.24. The number of carbonyl (C=O) groups is 1. The van der Waals surface area contributed by atoms with Crippen molar-refractivity contribution in [2.24, 2.45) is 0 Å². The van der Waals surface area contributed by atoms with Crippen LogP contribution >= 0.6 is 0 Å². The summed E-state index contributed by atoms with van der Waals surface area (Å²) in [5.74, 6) is 0.820. The monoisotopic (exact) mass is 385 g/mol. The van der Waals surface area contributed by atoms with Crippen LogP contribution in [-0.2, 0) is 4.74 Å². The first-order valence-electron chi connectivity index (χ1n) is 10.0. The molecular formula is C22H31N3O3. The fourth-order valence-electron chi connectivity index (χ4n) is 3.70. The molecule has 0 atom stereocenters. The lowest BCUT2D eigenvalue weighted by molar-refractivity contribution is 0.0372. The van der Waals surface area contributed by atoms with Crippen LogP contribution in [0, 0.1) is 13.8 Å². The van der Waals surface area contributed by atoms with Crippen LogP contribution in [0.1, 0.15) is 34.6 Å². The van der Waals surface area contributed by atoms with Crippen LogP contribution in [0.25, 0.3) is 5.69 Å². The van der Waals surface area contributed by atoms with E-state index in [1.807, 2.05) is 44.2 Å². The first kappa shape index (κ1) is 20.4. The molecule has 2 heterocycles. The third-order valence-electron chi connectivity index (χ3n) is 5.30. The summed E-state index contributed by atoms with van der Waals surface area (Å²) in [7, 11) is 1.66. The van der Waals surface area contributed by atoms with Gasteiger partial charge >= 0.3 is 0 Å². The quantitative estimate of drug-likeness (QED) is 0.710. The highest BCUT2D eigenvalue weighted by Crippen LogP contribution is 2.22. The minimum Gasteiger partial charge on any atom is -0.497 e. The Balaban J connectivity index is 1.53. The Hall–Kier alpha value is -2.31. The number of aryl methyl sites for hydroxylation is 1. The van der Waals surface area contributed by atoms with Gasteiger partial charge in [-0.05, 0) is 63.6 Å². The molecule has 1 fully saturated rings. The van der Waals surface area contributed by atoms with Crippen molar-refractivity contribution >= 4 is 5.91 Å². The summed E-state index contributed by atoms with van der Waals surface area (Å²) in [6, 6.07) is 9.84. The Morgan fingerprint density at radius 1 is 1.14 bits per heavy atom. The summed E-state index contributed by atoms with van der Waals surface area (Å²) < 4.78 is 12.7. The molecule has 0 radical (unpaired) electrons. The van der Waals surface area contributed by atoms with E-state index in [0.717, 1.165) is 74.1 Å². The highest BCUT2D eigenvalue weighted by atomic mass is 16.5. The number of ether oxygens (including phenoxy) is 2. The highest BCUT2D eigenvalue weighted by molar-refractivity contribution is 5.95. The fraction of sp³-hybridized carbons (Fsp3) is 0.500. The number of nitrogens with one attached hydrogen (secondary N) is 1. The zero-order chi connectivity index (χ0) is 19.9. The number of amides is 1. The number of carbonyl (C=O) groups excluding carboxylic acids is 1. The molecule has 152 valence electrons. The number of nitrogens with zero attached hydrogens (tertiary/aromatic N) is 2. The molecule has 1 aliphatic heterocycles. The van der Waals surface area contributed by atoms with Crippen LogP contribution in [0.2, 0.25) is 0 Å². The predicted octanol–water partition coefficient (Wildman–Crippen LogP) is 2.94. The number of benzene rings is 1. The maximum Gasteiger partial charge on any atom is 0.253 e. The number of hydrogen-bond donors (Lipinski definition) is 1. The van der Waals surface area contributed by atoms with Crippen molar-refractivity contribution in [3.63, 3.8) is 0 Å². The number of rotatable bonds is 8. The molecule has 0 saturated carbocycles. The summed E-state index contributed by atoms with van der Waals surface area (Å²) in [4.78, 5) is 15.1. The van der Waals surface area contributed by atoms with E-state index in [1.165, 1.54) is 0 Å². The van der Waals surface area contributed by atoms with Gasteiger partial charge < -0.3 is 19.4 Å². The van der Waals surface area contributed by atoms with Gasteiger partial charge in [0.1, 0.15) is 5.75 Å². The van der Waals surface area contributed by atoms with Crippen LogP contribution in [0.5, 0.6) is 5.75 Å². The molecule has 1 aromatic carbocycles. The van der Waals surface area contributed by atoms with E-state index in [1.54, 1.807) is 7.11 Å². The van der Waals surface area contributed by atoms with Crippen LogP contribution in [0.15, 0.2) is 30.3 Å². The number of morpholine rings is 1. The number of hydrogen-bond acceptors (Lipinski definition) is 4. The van der Waals surface area contributed by atoms with E-state index >= 15 is 0 Å². The zero-order valence-corrected chi connectivity index (χ0v) is 17.2. The van der Waals surface area contributed by atoms with Gasteiger partial charge in [0.15, 0.2) is 0 Å². The van der Waals surface area contributed by atoms with Gasteiger partial charge in [-0.25, -0.2) is 0 Å². The van der Waals surface area contributed by atoms with Gasteiger partial charge in [0, 0.05) is 36.7 Å². The van der Waals surface area contributed by atoms with Gasteiger partial charge in [0.25, 0.3) is 5.91 Å². The highest BCUT2D eigenvalue weighted by Gasteiger charge is 2.16. The van der Waals surface area contributed by atoms with Crippen molar-refractivity contribution in [2.45, 2.75) is 26.7 Å². The lowest BCUT2D eigenvalue weighted by atomic mass is 10.2. The lowest BCUT2D eigenvalue weighted by Crippen LogP contribution is -2.37. The second kappa shape index (κ2) is 9.75. The molecule has 1 saturated heterocycles. The number of unbranched alkanes of at least 4 members (excludes halogenated alkanes) is 1. The smallest absolute Gasteiger partial charge is 0.253 e. The lowest BCUT2D eigenvalue weighted by Gasteiger charge is -2.26. The molecular weight excluding hydrogens is 354 g/mol. The molecule has 3 rings (SSSR count). The molecule has 0 unspecified atom stereocenters. The van der Waals surface area contributed by atoms with Crippen molar-refractivity contribution in [1.82, 2.24) is 14.8 Å². The number of methoxy groups -OCH3 is 1. The van der Waals surface area contributed by atoms with Crippen molar-refractivity contribution in [3.8, 4) is 11.4 Å².